The van der Waals surface area contributed by atoms with E-state index in [0.29, 0.717) is 5.69 Å². The van der Waals surface area contributed by atoms with Crippen molar-refractivity contribution < 1.29 is 9.59 Å². The molecule has 0 saturated heterocycles. The van der Waals surface area contributed by atoms with Gasteiger partial charge in [-0.3, -0.25) is 4.79 Å². The van der Waals surface area contributed by atoms with Crippen LogP contribution < -0.4 is 16.0 Å². The number of amides is 3. The van der Waals surface area contributed by atoms with E-state index in [1.807, 2.05) is 64.1 Å². The fourth-order valence-electron chi connectivity index (χ4n) is 2.53. The highest BCUT2D eigenvalue weighted by molar-refractivity contribution is 5.97. The number of carbonyl (C=O) groups excluding carboxylic acids is 2. The molecule has 126 valence electrons. The molecule has 0 aliphatic rings. The molecule has 0 aliphatic heterocycles. The van der Waals surface area contributed by atoms with Gasteiger partial charge in [0.15, 0.2) is 0 Å². The first-order valence-electron chi connectivity index (χ1n) is 7.84. The number of hydrogen-bond acceptors (Lipinski definition) is 2. The zero-order chi connectivity index (χ0) is 17.7. The Kier molecular flexibility index (Phi) is 5.58. The van der Waals surface area contributed by atoms with Crippen LogP contribution in [-0.2, 0) is 4.79 Å². The van der Waals surface area contributed by atoms with Gasteiger partial charge in [-0.2, -0.15) is 0 Å². The van der Waals surface area contributed by atoms with Crippen molar-refractivity contribution in [2.75, 3.05) is 17.2 Å². The zero-order valence-electron chi connectivity index (χ0n) is 14.5. The van der Waals surface area contributed by atoms with Crippen LogP contribution in [0.1, 0.15) is 22.3 Å². The van der Waals surface area contributed by atoms with Gasteiger partial charge in [0.05, 0.1) is 6.54 Å². The number of rotatable bonds is 4. The van der Waals surface area contributed by atoms with Gasteiger partial charge in [0.2, 0.25) is 5.91 Å². The molecule has 24 heavy (non-hydrogen) atoms. The third-order valence-corrected chi connectivity index (χ3v) is 3.66. The normalized spacial score (nSPS) is 10.2. The van der Waals surface area contributed by atoms with Crippen molar-refractivity contribution in [3.05, 3.63) is 58.7 Å². The van der Waals surface area contributed by atoms with E-state index in [2.05, 4.69) is 16.0 Å². The summed E-state index contributed by atoms with van der Waals surface area (Å²) in [6.07, 6.45) is 0. The van der Waals surface area contributed by atoms with Crippen LogP contribution >= 0.6 is 0 Å². The summed E-state index contributed by atoms with van der Waals surface area (Å²) in [6.45, 7) is 7.80. The van der Waals surface area contributed by atoms with Crippen molar-refractivity contribution >= 4 is 23.3 Å². The number of urea groups is 1. The van der Waals surface area contributed by atoms with E-state index in [-0.39, 0.29) is 12.5 Å². The molecular weight excluding hydrogens is 302 g/mol. The van der Waals surface area contributed by atoms with E-state index in [4.69, 9.17) is 0 Å². The number of nitrogens with one attached hydrogen (secondary N) is 3. The van der Waals surface area contributed by atoms with Crippen molar-refractivity contribution in [1.29, 1.82) is 0 Å². The summed E-state index contributed by atoms with van der Waals surface area (Å²) >= 11 is 0. The first-order chi connectivity index (χ1) is 11.3. The largest absolute Gasteiger partial charge is 0.329 e. The van der Waals surface area contributed by atoms with Crippen molar-refractivity contribution in [2.45, 2.75) is 27.7 Å². The molecule has 0 spiro atoms. The molecule has 2 aromatic carbocycles. The fraction of sp³-hybridized carbons (Fsp3) is 0.263. The third kappa shape index (κ3) is 4.84. The molecule has 3 N–H and O–H groups in total. The second kappa shape index (κ2) is 7.64. The van der Waals surface area contributed by atoms with Crippen molar-refractivity contribution in [3.63, 3.8) is 0 Å². The Hall–Kier alpha value is -2.82. The number of hydrogen-bond donors (Lipinski definition) is 3. The molecular formula is C19H23N3O2. The smallest absolute Gasteiger partial charge is 0.319 e. The molecule has 0 heterocycles. The average Bonchev–Trinajstić information content (AvgIpc) is 2.51. The van der Waals surface area contributed by atoms with Crippen LogP contribution in [0.2, 0.25) is 0 Å². The Bertz CT molecular complexity index is 729. The molecule has 0 radical (unpaired) electrons. The maximum Gasteiger partial charge on any atom is 0.319 e. The molecule has 0 saturated carbocycles. The predicted octanol–water partition coefficient (Wildman–Crippen LogP) is 3.68. The molecule has 0 aromatic heterocycles. The zero-order valence-corrected chi connectivity index (χ0v) is 14.5. The number of carbonyl (C=O) groups is 2. The monoisotopic (exact) mass is 325 g/mol. The molecule has 0 aliphatic carbocycles. The molecule has 2 rings (SSSR count). The Morgan fingerprint density at radius 3 is 2.00 bits per heavy atom. The van der Waals surface area contributed by atoms with Crippen LogP contribution in [0, 0.1) is 27.7 Å². The summed E-state index contributed by atoms with van der Waals surface area (Å²) in [5.41, 5.74) is 5.76. The summed E-state index contributed by atoms with van der Waals surface area (Å²) in [5, 5.41) is 8.09. The van der Waals surface area contributed by atoms with Gasteiger partial charge in [0, 0.05) is 11.4 Å². The average molecular weight is 325 g/mol. The highest BCUT2D eigenvalue weighted by Gasteiger charge is 2.10. The van der Waals surface area contributed by atoms with Crippen LogP contribution in [0.15, 0.2) is 36.4 Å². The number of aryl methyl sites for hydroxylation is 4. The van der Waals surface area contributed by atoms with Gasteiger partial charge in [-0.05, 0) is 51.0 Å². The van der Waals surface area contributed by atoms with Gasteiger partial charge >= 0.3 is 6.03 Å². The maximum absolute atomic E-state index is 12.0. The molecule has 2 aromatic rings. The van der Waals surface area contributed by atoms with Gasteiger partial charge < -0.3 is 16.0 Å². The predicted molar refractivity (Wildman–Crippen MR) is 97.5 cm³/mol. The van der Waals surface area contributed by atoms with E-state index in [9.17, 15) is 9.59 Å². The Morgan fingerprint density at radius 1 is 0.833 bits per heavy atom. The topological polar surface area (TPSA) is 70.2 Å². The second-order valence-electron chi connectivity index (χ2n) is 6.00. The fourth-order valence-corrected chi connectivity index (χ4v) is 2.53. The van der Waals surface area contributed by atoms with E-state index < -0.39 is 6.03 Å². The summed E-state index contributed by atoms with van der Waals surface area (Å²) in [7, 11) is 0. The van der Waals surface area contributed by atoms with Crippen molar-refractivity contribution in [2.24, 2.45) is 0 Å². The van der Waals surface area contributed by atoms with Crippen LogP contribution in [0.4, 0.5) is 16.2 Å². The van der Waals surface area contributed by atoms with Gasteiger partial charge in [-0.15, -0.1) is 0 Å². The third-order valence-electron chi connectivity index (χ3n) is 3.66. The van der Waals surface area contributed by atoms with E-state index in [1.165, 1.54) is 0 Å². The van der Waals surface area contributed by atoms with E-state index in [1.54, 1.807) is 0 Å². The number of benzene rings is 2. The molecule has 0 atom stereocenters. The molecule has 0 bridgehead atoms. The first kappa shape index (κ1) is 17.5. The Morgan fingerprint density at radius 2 is 1.42 bits per heavy atom. The van der Waals surface area contributed by atoms with Gasteiger partial charge in [-0.1, -0.05) is 35.4 Å². The van der Waals surface area contributed by atoms with Gasteiger partial charge in [-0.25, -0.2) is 4.79 Å². The summed E-state index contributed by atoms with van der Waals surface area (Å²) in [4.78, 5) is 23.9. The lowest BCUT2D eigenvalue weighted by Crippen LogP contribution is -2.36. The summed E-state index contributed by atoms with van der Waals surface area (Å²) < 4.78 is 0. The van der Waals surface area contributed by atoms with Crippen molar-refractivity contribution in [3.8, 4) is 0 Å². The van der Waals surface area contributed by atoms with Crippen molar-refractivity contribution in [1.82, 2.24) is 5.32 Å². The number of anilines is 2. The minimum Gasteiger partial charge on any atom is -0.329 e. The highest BCUT2D eigenvalue weighted by atomic mass is 16.2. The second-order valence-corrected chi connectivity index (χ2v) is 6.00. The maximum atomic E-state index is 12.0. The minimum absolute atomic E-state index is 0.0928. The Balaban J connectivity index is 1.87. The van der Waals surface area contributed by atoms with Crippen LogP contribution in [0.5, 0.6) is 0 Å². The van der Waals surface area contributed by atoms with Crippen LogP contribution in [0.3, 0.4) is 0 Å². The lowest BCUT2D eigenvalue weighted by Gasteiger charge is -2.13. The lowest BCUT2D eigenvalue weighted by molar-refractivity contribution is -0.115. The lowest BCUT2D eigenvalue weighted by atomic mass is 10.1. The summed E-state index contributed by atoms with van der Waals surface area (Å²) in [6, 6.07) is 11.1. The quantitative estimate of drug-likeness (QED) is 0.802. The van der Waals surface area contributed by atoms with E-state index in [0.717, 1.165) is 27.9 Å². The SMILES string of the molecule is Cc1ccc(NC(=O)NCC(=O)Nc2c(C)cc(C)cc2C)cc1. The molecule has 5 heteroatoms. The van der Waals surface area contributed by atoms with E-state index >= 15 is 0 Å². The first-order valence-corrected chi connectivity index (χ1v) is 7.84. The van der Waals surface area contributed by atoms with Crippen LogP contribution in [-0.4, -0.2) is 18.5 Å². The minimum atomic E-state index is -0.411. The Labute approximate surface area is 142 Å². The molecule has 0 unspecified atom stereocenters. The summed E-state index contributed by atoms with van der Waals surface area (Å²) in [5.74, 6) is -0.260. The molecule has 5 nitrogen and oxygen atoms in total. The van der Waals surface area contributed by atoms with Crippen LogP contribution in [0.25, 0.3) is 0 Å². The van der Waals surface area contributed by atoms with Gasteiger partial charge in [0.1, 0.15) is 0 Å². The molecule has 0 fully saturated rings. The highest BCUT2D eigenvalue weighted by Crippen LogP contribution is 2.21. The molecule has 3 amide bonds. The standard InChI is InChI=1S/C19H23N3O2/c1-12-5-7-16(8-6-12)21-19(24)20-11-17(23)22-18-14(3)9-13(2)10-15(18)4/h5-10H,11H2,1-4H3,(H,22,23)(H2,20,21,24). The van der Waals surface area contributed by atoms with Gasteiger partial charge in [0.25, 0.3) is 0 Å².